The minimum atomic E-state index is 0.692. The van der Waals surface area contributed by atoms with Gasteiger partial charge in [0.05, 0.1) is 12.0 Å². The predicted octanol–water partition coefficient (Wildman–Crippen LogP) is 13.9. The molecule has 0 radical (unpaired) electrons. The third kappa shape index (κ3) is 32.2. The van der Waals surface area contributed by atoms with Crippen molar-refractivity contribution in [3.8, 4) is 0 Å². The van der Waals surface area contributed by atoms with Gasteiger partial charge < -0.3 is 10.3 Å². The van der Waals surface area contributed by atoms with E-state index in [9.17, 15) is 0 Å². The number of H-pyrrole nitrogens is 1. The first-order valence-corrected chi connectivity index (χ1v) is 20.3. The number of unbranched alkanes of at least 4 members (excludes halogenated alkanes) is 17. The van der Waals surface area contributed by atoms with Crippen LogP contribution in [0.25, 0.3) is 0 Å². The number of aromatic nitrogens is 2. The number of hydrogen-bond acceptors (Lipinski definition) is 2. The van der Waals surface area contributed by atoms with Gasteiger partial charge in [-0.05, 0) is 103 Å². The average molecular weight is 648 g/mol. The van der Waals surface area contributed by atoms with Crippen LogP contribution in [0.4, 0.5) is 0 Å². The second kappa shape index (κ2) is 36.7. The molecule has 2 N–H and O–H groups in total. The summed E-state index contributed by atoms with van der Waals surface area (Å²) in [4.78, 5) is 7.45. The standard InChI is InChI=1S/C44H77N3/c1-3-5-7-9-11-13-15-17-19-21-23-25-27-29-31-33-37-43(46-40-36-35-39-44-41-45-42-47-44)38-34-32-30-28-26-24-22-20-18-16-14-12-10-8-6-4-2/h11-14,17-21,23,41-43,46H,3-10,15-16,22,24-40H2,1-2H3,(H,45,47)/b13-11-,14-12-,19-17-,20-18-,23-21+. The van der Waals surface area contributed by atoms with Gasteiger partial charge in [-0.3, -0.25) is 0 Å². The van der Waals surface area contributed by atoms with Gasteiger partial charge >= 0.3 is 0 Å². The van der Waals surface area contributed by atoms with Crippen LogP contribution in [0, 0.1) is 0 Å². The Hall–Kier alpha value is -2.13. The summed E-state index contributed by atoms with van der Waals surface area (Å²) in [6, 6.07) is 0.692. The van der Waals surface area contributed by atoms with E-state index >= 15 is 0 Å². The molecule has 47 heavy (non-hydrogen) atoms. The van der Waals surface area contributed by atoms with E-state index in [-0.39, 0.29) is 0 Å². The summed E-state index contributed by atoms with van der Waals surface area (Å²) in [5.74, 6) is 0. The van der Waals surface area contributed by atoms with Crippen molar-refractivity contribution in [3.05, 3.63) is 79.0 Å². The Morgan fingerprint density at radius 1 is 0.553 bits per heavy atom. The number of allylic oxidation sites excluding steroid dienone is 10. The molecule has 0 aromatic carbocycles. The first kappa shape index (κ1) is 42.9. The van der Waals surface area contributed by atoms with E-state index in [1.807, 2.05) is 6.20 Å². The molecule has 0 aliphatic rings. The fraction of sp³-hybridized carbons (Fsp3) is 0.705. The zero-order chi connectivity index (χ0) is 33.6. The molecule has 1 atom stereocenters. The van der Waals surface area contributed by atoms with E-state index in [0.717, 1.165) is 25.8 Å². The van der Waals surface area contributed by atoms with Crippen LogP contribution < -0.4 is 5.32 Å². The van der Waals surface area contributed by atoms with E-state index in [1.165, 1.54) is 160 Å². The minimum Gasteiger partial charge on any atom is -0.351 e. The fourth-order valence-corrected chi connectivity index (χ4v) is 6.04. The molecule has 1 rings (SSSR count). The second-order valence-corrected chi connectivity index (χ2v) is 13.6. The van der Waals surface area contributed by atoms with Crippen molar-refractivity contribution in [1.29, 1.82) is 0 Å². The van der Waals surface area contributed by atoms with Gasteiger partial charge in [-0.2, -0.15) is 0 Å². The lowest BCUT2D eigenvalue weighted by molar-refractivity contribution is 0.408. The highest BCUT2D eigenvalue weighted by Gasteiger charge is 2.08. The molecular weight excluding hydrogens is 571 g/mol. The zero-order valence-corrected chi connectivity index (χ0v) is 31.3. The Balaban J connectivity index is 2.13. The van der Waals surface area contributed by atoms with Crippen molar-refractivity contribution >= 4 is 0 Å². The molecule has 0 saturated heterocycles. The van der Waals surface area contributed by atoms with Gasteiger partial charge in [0.15, 0.2) is 0 Å². The van der Waals surface area contributed by atoms with Crippen molar-refractivity contribution in [2.45, 2.75) is 193 Å². The summed E-state index contributed by atoms with van der Waals surface area (Å²) >= 11 is 0. The average Bonchev–Trinajstić information content (AvgIpc) is 3.61. The summed E-state index contributed by atoms with van der Waals surface area (Å²) in [7, 11) is 0. The van der Waals surface area contributed by atoms with Gasteiger partial charge in [0.25, 0.3) is 0 Å². The van der Waals surface area contributed by atoms with Gasteiger partial charge in [0, 0.05) is 12.2 Å². The van der Waals surface area contributed by atoms with Gasteiger partial charge in [0.2, 0.25) is 0 Å². The number of hydrogen-bond donors (Lipinski definition) is 2. The van der Waals surface area contributed by atoms with Crippen molar-refractivity contribution < 1.29 is 0 Å². The highest BCUT2D eigenvalue weighted by atomic mass is 14.9. The molecule has 1 heterocycles. The topological polar surface area (TPSA) is 40.7 Å². The molecule has 1 unspecified atom stereocenters. The van der Waals surface area contributed by atoms with Crippen molar-refractivity contribution in [1.82, 2.24) is 15.3 Å². The van der Waals surface area contributed by atoms with Gasteiger partial charge in [-0.25, -0.2) is 4.98 Å². The van der Waals surface area contributed by atoms with Gasteiger partial charge in [-0.1, -0.05) is 152 Å². The monoisotopic (exact) mass is 648 g/mol. The molecule has 1 aromatic rings. The Labute approximate surface area is 293 Å². The molecule has 268 valence electrons. The van der Waals surface area contributed by atoms with Crippen LogP contribution in [-0.4, -0.2) is 22.6 Å². The number of aromatic amines is 1. The van der Waals surface area contributed by atoms with Crippen LogP contribution in [0.1, 0.15) is 186 Å². The second-order valence-electron chi connectivity index (χ2n) is 13.6. The van der Waals surface area contributed by atoms with Crippen LogP contribution in [0.15, 0.2) is 73.3 Å². The summed E-state index contributed by atoms with van der Waals surface area (Å²) < 4.78 is 0. The quantitative estimate of drug-likeness (QED) is 0.0437. The Bertz CT molecular complexity index is 876. The Morgan fingerprint density at radius 3 is 1.64 bits per heavy atom. The largest absolute Gasteiger partial charge is 0.351 e. The normalized spacial score (nSPS) is 13.1. The maximum Gasteiger partial charge on any atom is 0.0923 e. The predicted molar refractivity (Wildman–Crippen MR) is 211 cm³/mol. The van der Waals surface area contributed by atoms with E-state index in [2.05, 4.69) is 89.9 Å². The van der Waals surface area contributed by atoms with Crippen LogP contribution in [0.2, 0.25) is 0 Å². The van der Waals surface area contributed by atoms with Crippen molar-refractivity contribution in [2.75, 3.05) is 6.54 Å². The van der Waals surface area contributed by atoms with Gasteiger partial charge in [-0.15, -0.1) is 0 Å². The summed E-state index contributed by atoms with van der Waals surface area (Å²) in [5, 5.41) is 3.94. The van der Waals surface area contributed by atoms with Gasteiger partial charge in [0.1, 0.15) is 0 Å². The molecular formula is C44H77N3. The SMILES string of the molecule is CCCCC/C=C\C/C=C\C=C\CCCCCCC(CCCCCCCC/C=C\C/C=C\CCCCC)NCCCCc1c[nH]cn1. The maximum absolute atomic E-state index is 4.37. The van der Waals surface area contributed by atoms with Crippen LogP contribution in [-0.2, 0) is 6.42 Å². The highest BCUT2D eigenvalue weighted by molar-refractivity contribution is 5.04. The first-order valence-electron chi connectivity index (χ1n) is 20.3. The molecule has 0 saturated carbocycles. The minimum absolute atomic E-state index is 0.692. The van der Waals surface area contributed by atoms with Crippen LogP contribution in [0.3, 0.4) is 0 Å². The fourth-order valence-electron chi connectivity index (χ4n) is 6.04. The van der Waals surface area contributed by atoms with E-state index in [0.29, 0.717) is 6.04 Å². The molecule has 0 aliphatic heterocycles. The van der Waals surface area contributed by atoms with Crippen molar-refractivity contribution in [2.24, 2.45) is 0 Å². The maximum atomic E-state index is 4.37. The van der Waals surface area contributed by atoms with Crippen molar-refractivity contribution in [3.63, 3.8) is 0 Å². The van der Waals surface area contributed by atoms with E-state index < -0.39 is 0 Å². The first-order chi connectivity index (χ1) is 23.4. The number of aryl methyl sites for hydroxylation is 1. The molecule has 0 bridgehead atoms. The highest BCUT2D eigenvalue weighted by Crippen LogP contribution is 2.15. The third-order valence-corrected chi connectivity index (χ3v) is 9.07. The zero-order valence-electron chi connectivity index (χ0n) is 31.3. The van der Waals surface area contributed by atoms with Crippen LogP contribution in [0.5, 0.6) is 0 Å². The summed E-state index contributed by atoms with van der Waals surface area (Å²) in [6.45, 7) is 5.68. The third-order valence-electron chi connectivity index (χ3n) is 9.07. The number of nitrogens with one attached hydrogen (secondary N) is 2. The molecule has 1 aromatic heterocycles. The number of imidazole rings is 1. The lowest BCUT2D eigenvalue weighted by Gasteiger charge is -2.19. The summed E-state index contributed by atoms with van der Waals surface area (Å²) in [6.07, 6.45) is 62.0. The lowest BCUT2D eigenvalue weighted by atomic mass is 9.99. The van der Waals surface area contributed by atoms with Crippen LogP contribution >= 0.6 is 0 Å². The molecule has 0 spiro atoms. The summed E-state index contributed by atoms with van der Waals surface area (Å²) in [5.41, 5.74) is 1.19. The molecule has 0 amide bonds. The molecule has 3 heteroatoms. The number of nitrogens with zero attached hydrogens (tertiary/aromatic N) is 1. The molecule has 3 nitrogen and oxygen atoms in total. The lowest BCUT2D eigenvalue weighted by Crippen LogP contribution is -2.30. The molecule has 0 aliphatic carbocycles. The van der Waals surface area contributed by atoms with E-state index in [4.69, 9.17) is 0 Å². The Morgan fingerprint density at radius 2 is 1.06 bits per heavy atom. The van der Waals surface area contributed by atoms with E-state index in [1.54, 1.807) is 6.33 Å². The molecule has 0 fully saturated rings. The Kier molecular flexibility index (Phi) is 33.5. The number of rotatable bonds is 35. The smallest absolute Gasteiger partial charge is 0.0923 e.